The lowest BCUT2D eigenvalue weighted by atomic mass is 10.1. The van der Waals surface area contributed by atoms with Gasteiger partial charge in [0.05, 0.1) is 23.0 Å². The lowest BCUT2D eigenvalue weighted by Gasteiger charge is -2.15. The minimum atomic E-state index is -0.451. The molecule has 2 aromatic heterocycles. The molecule has 2 N–H and O–H groups in total. The molecule has 2 amide bonds. The number of aromatic nitrogens is 2. The van der Waals surface area contributed by atoms with Gasteiger partial charge >= 0.3 is 0 Å². The van der Waals surface area contributed by atoms with Crippen molar-refractivity contribution in [2.45, 2.75) is 38.3 Å². The summed E-state index contributed by atoms with van der Waals surface area (Å²) in [5, 5.41) is 7.98. The molecule has 0 saturated heterocycles. The molecule has 1 aliphatic carbocycles. The van der Waals surface area contributed by atoms with Crippen molar-refractivity contribution < 1.29 is 14.0 Å². The van der Waals surface area contributed by atoms with Crippen LogP contribution in [0.2, 0.25) is 0 Å². The summed E-state index contributed by atoms with van der Waals surface area (Å²) in [5.41, 5.74) is 1.74. The molecule has 0 radical (unpaired) electrons. The highest BCUT2D eigenvalue weighted by molar-refractivity contribution is 7.17. The first-order chi connectivity index (χ1) is 17.0. The van der Waals surface area contributed by atoms with Crippen LogP contribution in [-0.4, -0.2) is 27.4 Å². The summed E-state index contributed by atoms with van der Waals surface area (Å²) in [5.74, 6) is -1.04. The number of hydrogen-bond donors (Lipinski definition) is 2. The van der Waals surface area contributed by atoms with Crippen molar-refractivity contribution in [2.75, 3.05) is 5.32 Å². The highest BCUT2D eigenvalue weighted by atomic mass is 32.1. The molecule has 2 aromatic carbocycles. The van der Waals surface area contributed by atoms with Crippen LogP contribution in [0.5, 0.6) is 0 Å². The molecule has 7 nitrogen and oxygen atoms in total. The Labute approximate surface area is 204 Å². The van der Waals surface area contributed by atoms with E-state index in [1.165, 1.54) is 34.4 Å². The Balaban J connectivity index is 1.37. The number of rotatable bonds is 6. The number of carbonyl (C=O) groups is 2. The molecular formula is C26H23FN4O3S. The second-order valence-electron chi connectivity index (χ2n) is 8.56. The van der Waals surface area contributed by atoms with Gasteiger partial charge < -0.3 is 10.6 Å². The maximum atomic E-state index is 13.3. The van der Waals surface area contributed by atoms with Gasteiger partial charge in [0.2, 0.25) is 5.91 Å². The zero-order valence-corrected chi connectivity index (χ0v) is 19.6. The summed E-state index contributed by atoms with van der Waals surface area (Å²) in [7, 11) is 0. The second kappa shape index (κ2) is 9.79. The zero-order valence-electron chi connectivity index (χ0n) is 18.8. The predicted octanol–water partition coefficient (Wildman–Crippen LogP) is 4.58. The highest BCUT2D eigenvalue weighted by Gasteiger charge is 2.21. The van der Waals surface area contributed by atoms with E-state index in [2.05, 4.69) is 15.6 Å². The molecule has 1 aliphatic rings. The van der Waals surface area contributed by atoms with Gasteiger partial charge in [0.25, 0.3) is 11.5 Å². The Morgan fingerprint density at radius 2 is 1.83 bits per heavy atom. The van der Waals surface area contributed by atoms with Gasteiger partial charge in [-0.05, 0) is 42.7 Å². The van der Waals surface area contributed by atoms with Crippen LogP contribution < -0.4 is 16.2 Å². The number of anilines is 1. The third-order valence-corrected chi connectivity index (χ3v) is 7.05. The molecule has 2 heterocycles. The summed E-state index contributed by atoms with van der Waals surface area (Å²) in [6, 6.07) is 12.8. The number of nitrogens with zero attached hydrogens (tertiary/aromatic N) is 2. The number of benzene rings is 2. The van der Waals surface area contributed by atoms with Crippen LogP contribution in [0, 0.1) is 5.82 Å². The van der Waals surface area contributed by atoms with Crippen LogP contribution in [0.1, 0.15) is 36.0 Å². The SMILES string of the molecule is O=C(Cn1cnc2scc(-c3ccc(F)cc3)c2c1=O)Nc1ccccc1C(=O)NC1CCCC1. The lowest BCUT2D eigenvalue weighted by Crippen LogP contribution is -2.33. The number of amides is 2. The van der Waals surface area contributed by atoms with Crippen molar-refractivity contribution in [3.8, 4) is 11.1 Å². The van der Waals surface area contributed by atoms with Crippen LogP contribution in [0.3, 0.4) is 0 Å². The van der Waals surface area contributed by atoms with Gasteiger partial charge in [-0.2, -0.15) is 0 Å². The Morgan fingerprint density at radius 1 is 1.09 bits per heavy atom. The van der Waals surface area contributed by atoms with Crippen LogP contribution >= 0.6 is 11.3 Å². The van der Waals surface area contributed by atoms with E-state index in [0.29, 0.717) is 32.6 Å². The molecule has 1 fully saturated rings. The minimum absolute atomic E-state index is 0.156. The third-order valence-electron chi connectivity index (χ3n) is 6.17. The summed E-state index contributed by atoms with van der Waals surface area (Å²) in [6.45, 7) is -0.265. The number of para-hydroxylation sites is 1. The summed E-state index contributed by atoms with van der Waals surface area (Å²) >= 11 is 1.31. The van der Waals surface area contributed by atoms with E-state index < -0.39 is 5.91 Å². The molecule has 4 aromatic rings. The number of fused-ring (bicyclic) bond motifs is 1. The van der Waals surface area contributed by atoms with Gasteiger partial charge in [-0.3, -0.25) is 19.0 Å². The Hall–Kier alpha value is -3.85. The molecule has 0 spiro atoms. The first-order valence-electron chi connectivity index (χ1n) is 11.4. The van der Waals surface area contributed by atoms with Gasteiger partial charge in [-0.25, -0.2) is 9.37 Å². The maximum absolute atomic E-state index is 13.3. The third kappa shape index (κ3) is 4.85. The van der Waals surface area contributed by atoms with Crippen molar-refractivity contribution >= 4 is 39.1 Å². The standard InChI is InChI=1S/C26H23FN4O3S/c27-17-11-9-16(10-12-17)20-14-35-25-23(20)26(34)31(15-28-25)13-22(32)30-21-8-4-3-7-19(21)24(33)29-18-5-1-2-6-18/h3-4,7-12,14-15,18H,1-2,5-6,13H2,(H,29,33)(H,30,32). The van der Waals surface area contributed by atoms with Gasteiger partial charge in [0, 0.05) is 17.0 Å². The Kier molecular flexibility index (Phi) is 6.41. The van der Waals surface area contributed by atoms with Gasteiger partial charge in [-0.15, -0.1) is 11.3 Å². The molecule has 0 aliphatic heterocycles. The Bertz CT molecular complexity index is 1460. The van der Waals surface area contributed by atoms with E-state index in [1.54, 1.807) is 41.8 Å². The van der Waals surface area contributed by atoms with Crippen LogP contribution in [0.25, 0.3) is 21.3 Å². The van der Waals surface area contributed by atoms with Crippen molar-refractivity contribution in [1.82, 2.24) is 14.9 Å². The molecule has 9 heteroatoms. The van der Waals surface area contributed by atoms with E-state index in [0.717, 1.165) is 25.7 Å². The minimum Gasteiger partial charge on any atom is -0.349 e. The largest absolute Gasteiger partial charge is 0.349 e. The van der Waals surface area contributed by atoms with Gasteiger partial charge in [-0.1, -0.05) is 37.1 Å². The van der Waals surface area contributed by atoms with E-state index in [9.17, 15) is 18.8 Å². The number of nitrogens with one attached hydrogen (secondary N) is 2. The maximum Gasteiger partial charge on any atom is 0.263 e. The van der Waals surface area contributed by atoms with E-state index in [1.807, 2.05) is 0 Å². The normalized spacial score (nSPS) is 13.7. The molecule has 0 unspecified atom stereocenters. The molecule has 1 saturated carbocycles. The summed E-state index contributed by atoms with van der Waals surface area (Å²) in [4.78, 5) is 43.7. The number of hydrogen-bond acceptors (Lipinski definition) is 5. The van der Waals surface area contributed by atoms with Crippen LogP contribution in [0.4, 0.5) is 10.1 Å². The van der Waals surface area contributed by atoms with Crippen LogP contribution in [0.15, 0.2) is 65.0 Å². The highest BCUT2D eigenvalue weighted by Crippen LogP contribution is 2.30. The quantitative estimate of drug-likeness (QED) is 0.414. The first kappa shape index (κ1) is 22.9. The molecule has 0 atom stereocenters. The first-order valence-corrected chi connectivity index (χ1v) is 12.3. The summed E-state index contributed by atoms with van der Waals surface area (Å²) in [6.07, 6.45) is 5.46. The predicted molar refractivity (Wildman–Crippen MR) is 134 cm³/mol. The lowest BCUT2D eigenvalue weighted by molar-refractivity contribution is -0.116. The van der Waals surface area contributed by atoms with E-state index >= 15 is 0 Å². The van der Waals surface area contributed by atoms with Gasteiger partial charge in [0.15, 0.2) is 0 Å². The molecule has 0 bridgehead atoms. The monoisotopic (exact) mass is 490 g/mol. The average molecular weight is 491 g/mol. The second-order valence-corrected chi connectivity index (χ2v) is 9.42. The van der Waals surface area contributed by atoms with Crippen molar-refractivity contribution in [1.29, 1.82) is 0 Å². The number of carbonyl (C=O) groups excluding carboxylic acids is 2. The zero-order chi connectivity index (χ0) is 24.4. The fraction of sp³-hybridized carbons (Fsp3) is 0.231. The number of thiophene rings is 1. The average Bonchev–Trinajstić information content (AvgIpc) is 3.52. The van der Waals surface area contributed by atoms with Crippen molar-refractivity contribution in [3.63, 3.8) is 0 Å². The molecular weight excluding hydrogens is 467 g/mol. The van der Waals surface area contributed by atoms with Crippen LogP contribution in [-0.2, 0) is 11.3 Å². The van der Waals surface area contributed by atoms with Crippen molar-refractivity contribution in [3.05, 3.63) is 82.0 Å². The fourth-order valence-electron chi connectivity index (χ4n) is 4.39. The van der Waals surface area contributed by atoms with Crippen molar-refractivity contribution in [2.24, 2.45) is 0 Å². The van der Waals surface area contributed by atoms with E-state index in [4.69, 9.17) is 0 Å². The fourth-order valence-corrected chi connectivity index (χ4v) is 5.30. The molecule has 178 valence electrons. The topological polar surface area (TPSA) is 93.1 Å². The number of halogens is 1. The van der Waals surface area contributed by atoms with E-state index in [-0.39, 0.29) is 29.9 Å². The van der Waals surface area contributed by atoms with Gasteiger partial charge in [0.1, 0.15) is 17.2 Å². The summed E-state index contributed by atoms with van der Waals surface area (Å²) < 4.78 is 14.6. The Morgan fingerprint density at radius 3 is 2.60 bits per heavy atom. The molecule has 5 rings (SSSR count). The molecule has 35 heavy (non-hydrogen) atoms. The smallest absolute Gasteiger partial charge is 0.263 e.